The minimum absolute atomic E-state index is 0.168. The van der Waals surface area contributed by atoms with Crippen molar-refractivity contribution < 1.29 is 9.84 Å². The summed E-state index contributed by atoms with van der Waals surface area (Å²) in [5.41, 5.74) is 0. The fraction of sp³-hybridized carbons (Fsp3) is 1.00. The summed E-state index contributed by atoms with van der Waals surface area (Å²) >= 11 is 0. The van der Waals surface area contributed by atoms with Crippen LogP contribution in [0.4, 0.5) is 0 Å². The fourth-order valence-electron chi connectivity index (χ4n) is 3.98. The minimum Gasteiger partial charge on any atom is -0.391 e. The smallest absolute Gasteiger partial charge is 0.0718 e. The average Bonchev–Trinajstić information content (AvgIpc) is 2.98. The van der Waals surface area contributed by atoms with Crippen molar-refractivity contribution in [3.63, 3.8) is 0 Å². The molecule has 3 fully saturated rings. The van der Waals surface area contributed by atoms with Gasteiger partial charge in [-0.1, -0.05) is 12.8 Å². The van der Waals surface area contributed by atoms with E-state index >= 15 is 0 Å². The number of β-amino-alcohol motifs (C(OH)–C–C–N with tert-alkyl or cyclic N) is 1. The van der Waals surface area contributed by atoms with Crippen LogP contribution in [0.2, 0.25) is 0 Å². The molecule has 0 spiro atoms. The van der Waals surface area contributed by atoms with Crippen molar-refractivity contribution in [1.29, 1.82) is 0 Å². The molecule has 0 aromatic heterocycles. The Bertz CT molecular complexity index is 253. The lowest BCUT2D eigenvalue weighted by Crippen LogP contribution is -2.42. The third kappa shape index (κ3) is 2.51. The molecule has 0 amide bonds. The third-order valence-corrected chi connectivity index (χ3v) is 5.06. The zero-order valence-corrected chi connectivity index (χ0v) is 10.7. The van der Waals surface area contributed by atoms with Crippen molar-refractivity contribution in [2.24, 2.45) is 11.8 Å². The monoisotopic (exact) mass is 239 g/mol. The van der Waals surface area contributed by atoms with Gasteiger partial charge in [-0.3, -0.25) is 4.90 Å². The van der Waals surface area contributed by atoms with Crippen LogP contribution in [0.15, 0.2) is 0 Å². The minimum atomic E-state index is -0.168. The standard InChI is InChI=1S/C14H25NO2/c16-14(12-6-8-17-10-12)9-15-7-5-11-3-1-2-4-13(11)15/h11-14,16H,1-10H2. The molecule has 17 heavy (non-hydrogen) atoms. The summed E-state index contributed by atoms with van der Waals surface area (Å²) in [4.78, 5) is 2.56. The van der Waals surface area contributed by atoms with Gasteiger partial charge in [0.2, 0.25) is 0 Å². The average molecular weight is 239 g/mol. The predicted molar refractivity (Wildman–Crippen MR) is 66.9 cm³/mol. The van der Waals surface area contributed by atoms with E-state index < -0.39 is 0 Å². The molecular weight excluding hydrogens is 214 g/mol. The number of fused-ring (bicyclic) bond motifs is 1. The van der Waals surface area contributed by atoms with Gasteiger partial charge in [-0.05, 0) is 38.1 Å². The van der Waals surface area contributed by atoms with E-state index in [1.807, 2.05) is 0 Å². The second-order valence-electron chi connectivity index (χ2n) is 6.09. The van der Waals surface area contributed by atoms with Gasteiger partial charge in [0.1, 0.15) is 0 Å². The second kappa shape index (κ2) is 5.25. The van der Waals surface area contributed by atoms with Crippen LogP contribution in [-0.4, -0.2) is 48.5 Å². The Labute approximate surface area is 104 Å². The lowest BCUT2D eigenvalue weighted by Gasteiger charge is -2.33. The molecule has 0 aromatic carbocycles. The number of aliphatic hydroxyl groups is 1. The molecule has 2 saturated heterocycles. The van der Waals surface area contributed by atoms with Gasteiger partial charge < -0.3 is 9.84 Å². The summed E-state index contributed by atoms with van der Waals surface area (Å²) in [7, 11) is 0. The maximum atomic E-state index is 10.3. The molecule has 3 aliphatic rings. The lowest BCUT2D eigenvalue weighted by molar-refractivity contribution is 0.0440. The van der Waals surface area contributed by atoms with Crippen molar-refractivity contribution >= 4 is 0 Å². The van der Waals surface area contributed by atoms with Crippen molar-refractivity contribution in [1.82, 2.24) is 4.90 Å². The number of aliphatic hydroxyl groups excluding tert-OH is 1. The van der Waals surface area contributed by atoms with Crippen molar-refractivity contribution in [3.8, 4) is 0 Å². The lowest BCUT2D eigenvalue weighted by atomic mass is 9.85. The molecule has 3 rings (SSSR count). The Morgan fingerprint density at radius 2 is 2.06 bits per heavy atom. The van der Waals surface area contributed by atoms with Crippen molar-refractivity contribution in [2.75, 3.05) is 26.3 Å². The van der Waals surface area contributed by atoms with Gasteiger partial charge in [-0.2, -0.15) is 0 Å². The number of hydrogen-bond donors (Lipinski definition) is 1. The van der Waals surface area contributed by atoms with E-state index in [4.69, 9.17) is 4.74 Å². The molecule has 3 heteroatoms. The zero-order chi connectivity index (χ0) is 11.7. The van der Waals surface area contributed by atoms with Crippen LogP contribution in [-0.2, 0) is 4.74 Å². The fourth-order valence-corrected chi connectivity index (χ4v) is 3.98. The van der Waals surface area contributed by atoms with E-state index in [0.29, 0.717) is 5.92 Å². The third-order valence-electron chi connectivity index (χ3n) is 5.06. The molecule has 2 aliphatic heterocycles. The van der Waals surface area contributed by atoms with Gasteiger partial charge in [-0.25, -0.2) is 0 Å². The molecule has 3 nitrogen and oxygen atoms in total. The number of rotatable bonds is 3. The van der Waals surface area contributed by atoms with Crippen LogP contribution >= 0.6 is 0 Å². The molecule has 1 aliphatic carbocycles. The number of likely N-dealkylation sites (tertiary alicyclic amines) is 1. The highest BCUT2D eigenvalue weighted by molar-refractivity contribution is 4.91. The van der Waals surface area contributed by atoms with E-state index in [2.05, 4.69) is 4.90 Å². The largest absolute Gasteiger partial charge is 0.391 e. The molecule has 4 unspecified atom stereocenters. The highest BCUT2D eigenvalue weighted by Crippen LogP contribution is 2.36. The maximum absolute atomic E-state index is 10.3. The summed E-state index contributed by atoms with van der Waals surface area (Å²) in [6.45, 7) is 3.70. The highest BCUT2D eigenvalue weighted by Gasteiger charge is 2.37. The molecule has 2 heterocycles. The number of nitrogens with zero attached hydrogens (tertiary/aromatic N) is 1. The number of hydrogen-bond acceptors (Lipinski definition) is 3. The molecule has 0 radical (unpaired) electrons. The van der Waals surface area contributed by atoms with E-state index in [1.165, 1.54) is 38.6 Å². The summed E-state index contributed by atoms with van der Waals surface area (Å²) in [5, 5.41) is 10.3. The first-order valence-electron chi connectivity index (χ1n) is 7.34. The summed E-state index contributed by atoms with van der Waals surface area (Å²) in [5.74, 6) is 1.31. The van der Waals surface area contributed by atoms with Gasteiger partial charge in [0.15, 0.2) is 0 Å². The first-order chi connectivity index (χ1) is 8.34. The molecule has 0 bridgehead atoms. The second-order valence-corrected chi connectivity index (χ2v) is 6.09. The summed E-state index contributed by atoms with van der Waals surface area (Å²) < 4.78 is 5.37. The molecule has 0 aromatic rings. The van der Waals surface area contributed by atoms with Gasteiger partial charge in [0, 0.05) is 25.1 Å². The van der Waals surface area contributed by atoms with Crippen molar-refractivity contribution in [2.45, 2.75) is 50.7 Å². The summed E-state index contributed by atoms with van der Waals surface area (Å²) in [6.07, 6.45) is 7.83. The van der Waals surface area contributed by atoms with E-state index in [-0.39, 0.29) is 6.10 Å². The summed E-state index contributed by atoms with van der Waals surface area (Å²) in [6, 6.07) is 0.778. The Morgan fingerprint density at radius 3 is 2.88 bits per heavy atom. The van der Waals surface area contributed by atoms with E-state index in [9.17, 15) is 5.11 Å². The van der Waals surface area contributed by atoms with Crippen LogP contribution in [0.5, 0.6) is 0 Å². The van der Waals surface area contributed by atoms with Crippen LogP contribution in [0.3, 0.4) is 0 Å². The van der Waals surface area contributed by atoms with Crippen LogP contribution in [0.1, 0.15) is 38.5 Å². The first-order valence-corrected chi connectivity index (χ1v) is 7.34. The van der Waals surface area contributed by atoms with Gasteiger partial charge in [0.05, 0.1) is 12.7 Å². The SMILES string of the molecule is OC(CN1CCC2CCCCC21)C1CCOC1. The van der Waals surface area contributed by atoms with Gasteiger partial charge >= 0.3 is 0 Å². The quantitative estimate of drug-likeness (QED) is 0.813. The van der Waals surface area contributed by atoms with Crippen LogP contribution in [0.25, 0.3) is 0 Å². The Balaban J connectivity index is 1.54. The topological polar surface area (TPSA) is 32.7 Å². The number of ether oxygens (including phenoxy) is 1. The van der Waals surface area contributed by atoms with E-state index in [0.717, 1.165) is 38.1 Å². The first kappa shape index (κ1) is 11.9. The highest BCUT2D eigenvalue weighted by atomic mass is 16.5. The molecule has 98 valence electrons. The molecule has 1 saturated carbocycles. The zero-order valence-electron chi connectivity index (χ0n) is 10.7. The Kier molecular flexibility index (Phi) is 3.69. The predicted octanol–water partition coefficient (Wildman–Crippen LogP) is 1.65. The molecule has 4 atom stereocenters. The Hall–Kier alpha value is -0.120. The van der Waals surface area contributed by atoms with Crippen LogP contribution in [0, 0.1) is 11.8 Å². The molecular formula is C14H25NO2. The van der Waals surface area contributed by atoms with Crippen molar-refractivity contribution in [3.05, 3.63) is 0 Å². The molecule has 1 N–H and O–H groups in total. The normalized spacial score (nSPS) is 40.4. The maximum Gasteiger partial charge on any atom is 0.0718 e. The van der Waals surface area contributed by atoms with Gasteiger partial charge in [-0.15, -0.1) is 0 Å². The Morgan fingerprint density at radius 1 is 1.18 bits per heavy atom. The van der Waals surface area contributed by atoms with Crippen LogP contribution < -0.4 is 0 Å². The van der Waals surface area contributed by atoms with E-state index in [1.54, 1.807) is 0 Å². The van der Waals surface area contributed by atoms with Gasteiger partial charge in [0.25, 0.3) is 0 Å².